The van der Waals surface area contributed by atoms with Crippen LogP contribution in [0.4, 0.5) is 0 Å². The summed E-state index contributed by atoms with van der Waals surface area (Å²) in [7, 11) is 0. The summed E-state index contributed by atoms with van der Waals surface area (Å²) in [6, 6.07) is 7.20. The van der Waals surface area contributed by atoms with Crippen LogP contribution in [0.3, 0.4) is 0 Å². The van der Waals surface area contributed by atoms with E-state index in [2.05, 4.69) is 12.2 Å². The molecule has 0 saturated carbocycles. The van der Waals surface area contributed by atoms with Gasteiger partial charge < -0.3 is 14.8 Å². The maximum Gasteiger partial charge on any atom is 0.202 e. The lowest BCUT2D eigenvalue weighted by atomic mass is 10.0. The lowest BCUT2D eigenvalue weighted by Gasteiger charge is -2.14. The van der Waals surface area contributed by atoms with Crippen LogP contribution in [0.2, 0.25) is 10.0 Å². The standard InChI is InChI=1S/C19H14Cl2N2O2/c20-12-9-15(13(21)8-14(12)22-5-1-2-6-22)23-18(24)16-10-3-4-11(7-10)17(16)19(23)25/h1-6,8-11,24-25H,7H2/t10-,11+. The summed E-state index contributed by atoms with van der Waals surface area (Å²) >= 11 is 12.9. The molecule has 0 radical (unpaired) electrons. The van der Waals surface area contributed by atoms with Crippen LogP contribution in [0.5, 0.6) is 11.8 Å². The Bertz CT molecular complexity index is 999. The highest BCUT2D eigenvalue weighted by Gasteiger charge is 2.41. The van der Waals surface area contributed by atoms with Crippen LogP contribution >= 0.6 is 23.2 Å². The number of benzene rings is 1. The third-order valence-corrected chi connectivity index (χ3v) is 5.77. The van der Waals surface area contributed by atoms with Crippen molar-refractivity contribution in [3.8, 4) is 23.1 Å². The van der Waals surface area contributed by atoms with Crippen molar-refractivity contribution in [2.75, 3.05) is 0 Å². The first-order chi connectivity index (χ1) is 12.1. The second-order valence-electron chi connectivity index (χ2n) is 6.49. The minimum Gasteiger partial charge on any atom is -0.494 e. The van der Waals surface area contributed by atoms with Gasteiger partial charge >= 0.3 is 0 Å². The van der Waals surface area contributed by atoms with E-state index in [0.717, 1.165) is 23.2 Å². The highest BCUT2D eigenvalue weighted by Crippen LogP contribution is 2.57. The van der Waals surface area contributed by atoms with Gasteiger partial charge in [-0.1, -0.05) is 35.4 Å². The summed E-state index contributed by atoms with van der Waals surface area (Å²) in [5.74, 6) is 0.383. The van der Waals surface area contributed by atoms with Crippen LogP contribution in [0.25, 0.3) is 11.4 Å². The average Bonchev–Trinajstić information content (AvgIpc) is 3.35. The van der Waals surface area contributed by atoms with Gasteiger partial charge in [0.15, 0.2) is 0 Å². The van der Waals surface area contributed by atoms with Crippen molar-refractivity contribution in [3.63, 3.8) is 0 Å². The third kappa shape index (κ3) is 1.95. The number of aromatic hydroxyl groups is 2. The highest BCUT2D eigenvalue weighted by molar-refractivity contribution is 6.36. The van der Waals surface area contributed by atoms with E-state index in [0.29, 0.717) is 15.7 Å². The first-order valence-electron chi connectivity index (χ1n) is 8.03. The number of halogens is 2. The van der Waals surface area contributed by atoms with Crippen molar-refractivity contribution in [2.45, 2.75) is 18.3 Å². The van der Waals surface area contributed by atoms with Crippen LogP contribution < -0.4 is 0 Å². The Hall–Kier alpha value is -2.30. The van der Waals surface area contributed by atoms with Crippen LogP contribution in [0.1, 0.15) is 29.4 Å². The van der Waals surface area contributed by atoms with Gasteiger partial charge in [0.05, 0.1) is 21.4 Å². The van der Waals surface area contributed by atoms with Crippen molar-refractivity contribution < 1.29 is 10.2 Å². The first kappa shape index (κ1) is 15.0. The SMILES string of the molecule is Oc1c2c(c(O)n1-c1cc(Cl)c(-n3cccc3)cc1Cl)[C@H]1C=C[C@@H]2C1. The lowest BCUT2D eigenvalue weighted by Crippen LogP contribution is -1.99. The highest BCUT2D eigenvalue weighted by atomic mass is 35.5. The van der Waals surface area contributed by atoms with E-state index in [1.807, 2.05) is 29.1 Å². The number of hydrogen-bond donors (Lipinski definition) is 2. The Morgan fingerprint density at radius 1 is 0.840 bits per heavy atom. The second kappa shape index (κ2) is 5.10. The van der Waals surface area contributed by atoms with E-state index >= 15 is 0 Å². The summed E-state index contributed by atoms with van der Waals surface area (Å²) in [5.41, 5.74) is 2.80. The van der Waals surface area contributed by atoms with Gasteiger partial charge in [-0.15, -0.1) is 0 Å². The fourth-order valence-electron chi connectivity index (χ4n) is 4.06. The summed E-state index contributed by atoms with van der Waals surface area (Å²) in [6.45, 7) is 0. The molecule has 0 saturated heterocycles. The minimum atomic E-state index is 0.0380. The van der Waals surface area contributed by atoms with Gasteiger partial charge in [-0.3, -0.25) is 0 Å². The molecular formula is C19H14Cl2N2O2. The number of aromatic nitrogens is 2. The number of allylic oxidation sites excluding steroid dienone is 2. The quantitative estimate of drug-likeness (QED) is 0.612. The zero-order chi connectivity index (χ0) is 17.3. The van der Waals surface area contributed by atoms with Gasteiger partial charge in [-0.05, 0) is 30.7 Å². The summed E-state index contributed by atoms with van der Waals surface area (Å²) < 4.78 is 3.25. The Labute approximate surface area is 154 Å². The number of nitrogens with zero attached hydrogens (tertiary/aromatic N) is 2. The fourth-order valence-corrected chi connectivity index (χ4v) is 4.56. The van der Waals surface area contributed by atoms with Crippen LogP contribution in [0.15, 0.2) is 48.8 Å². The van der Waals surface area contributed by atoms with Crippen molar-refractivity contribution in [1.29, 1.82) is 0 Å². The molecule has 0 aliphatic heterocycles. The maximum atomic E-state index is 10.7. The Kier molecular flexibility index (Phi) is 3.06. The summed E-state index contributed by atoms with van der Waals surface area (Å²) in [5, 5.41) is 22.3. The molecule has 2 atom stereocenters. The van der Waals surface area contributed by atoms with Gasteiger partial charge in [-0.2, -0.15) is 0 Å². The molecule has 126 valence electrons. The van der Waals surface area contributed by atoms with Crippen LogP contribution in [-0.4, -0.2) is 19.3 Å². The van der Waals surface area contributed by atoms with E-state index in [9.17, 15) is 10.2 Å². The monoisotopic (exact) mass is 372 g/mol. The zero-order valence-electron chi connectivity index (χ0n) is 13.0. The predicted octanol–water partition coefficient (Wildman–Crippen LogP) is 5.13. The molecule has 0 fully saturated rings. The molecule has 6 heteroatoms. The molecule has 4 nitrogen and oxygen atoms in total. The van der Waals surface area contributed by atoms with Crippen molar-refractivity contribution in [3.05, 3.63) is 70.0 Å². The van der Waals surface area contributed by atoms with Crippen LogP contribution in [0, 0.1) is 0 Å². The molecule has 2 heterocycles. The van der Waals surface area contributed by atoms with E-state index in [4.69, 9.17) is 23.2 Å². The van der Waals surface area contributed by atoms with Crippen LogP contribution in [-0.2, 0) is 0 Å². The number of rotatable bonds is 2. The lowest BCUT2D eigenvalue weighted by molar-refractivity contribution is 0.395. The topological polar surface area (TPSA) is 50.3 Å². The summed E-state index contributed by atoms with van der Waals surface area (Å²) in [4.78, 5) is 0. The Morgan fingerprint density at radius 3 is 1.96 bits per heavy atom. The zero-order valence-corrected chi connectivity index (χ0v) is 14.5. The molecule has 2 aliphatic rings. The molecule has 3 aromatic rings. The van der Waals surface area contributed by atoms with Gasteiger partial charge in [0, 0.05) is 35.4 Å². The molecule has 1 aromatic carbocycles. The first-order valence-corrected chi connectivity index (χ1v) is 8.79. The second-order valence-corrected chi connectivity index (χ2v) is 7.30. The van der Waals surface area contributed by atoms with Gasteiger partial charge in [-0.25, -0.2) is 4.57 Å². The smallest absolute Gasteiger partial charge is 0.202 e. The number of hydrogen-bond acceptors (Lipinski definition) is 2. The number of fused-ring (bicyclic) bond motifs is 5. The summed E-state index contributed by atoms with van der Waals surface area (Å²) in [6.07, 6.45) is 8.83. The molecule has 0 unspecified atom stereocenters. The molecule has 0 amide bonds. The fraction of sp³-hybridized carbons (Fsp3) is 0.158. The maximum absolute atomic E-state index is 10.7. The minimum absolute atomic E-state index is 0.0380. The van der Waals surface area contributed by atoms with E-state index in [1.165, 1.54) is 4.57 Å². The molecule has 0 spiro atoms. The van der Waals surface area contributed by atoms with E-state index in [-0.39, 0.29) is 23.6 Å². The largest absolute Gasteiger partial charge is 0.494 e. The average molecular weight is 373 g/mol. The van der Waals surface area contributed by atoms with Gasteiger partial charge in [0.25, 0.3) is 0 Å². The molecule has 2 N–H and O–H groups in total. The van der Waals surface area contributed by atoms with E-state index < -0.39 is 0 Å². The van der Waals surface area contributed by atoms with Crippen molar-refractivity contribution in [2.24, 2.45) is 0 Å². The Morgan fingerprint density at radius 2 is 1.36 bits per heavy atom. The molecule has 2 aliphatic carbocycles. The molecule has 2 aromatic heterocycles. The molecular weight excluding hydrogens is 359 g/mol. The molecule has 25 heavy (non-hydrogen) atoms. The normalized spacial score (nSPS) is 20.4. The molecule has 2 bridgehead atoms. The van der Waals surface area contributed by atoms with E-state index in [1.54, 1.807) is 12.1 Å². The van der Waals surface area contributed by atoms with Gasteiger partial charge in [0.1, 0.15) is 0 Å². The van der Waals surface area contributed by atoms with Crippen molar-refractivity contribution >= 4 is 23.2 Å². The molecule has 5 rings (SSSR count). The van der Waals surface area contributed by atoms with Crippen molar-refractivity contribution in [1.82, 2.24) is 9.13 Å². The predicted molar refractivity (Wildman–Crippen MR) is 97.7 cm³/mol. The third-order valence-electron chi connectivity index (χ3n) is 5.16. The van der Waals surface area contributed by atoms with Gasteiger partial charge in [0.2, 0.25) is 11.8 Å². The Balaban J connectivity index is 1.70.